The van der Waals surface area contributed by atoms with Gasteiger partial charge in [0.1, 0.15) is 11.3 Å². The fourth-order valence-electron chi connectivity index (χ4n) is 6.22. The highest BCUT2D eigenvalue weighted by molar-refractivity contribution is 5.84. The first-order valence-corrected chi connectivity index (χ1v) is 13.4. The van der Waals surface area contributed by atoms with Crippen molar-refractivity contribution in [3.05, 3.63) is 84.8 Å². The molecule has 7 rings (SSSR count). The number of nitrogens with two attached hydrogens (primary N) is 1. The first-order valence-electron chi connectivity index (χ1n) is 13.4. The van der Waals surface area contributed by atoms with Gasteiger partial charge in [-0.3, -0.25) is 19.2 Å². The van der Waals surface area contributed by atoms with E-state index in [1.807, 2.05) is 65.4 Å². The fraction of sp³-hybridized carbons (Fsp3) is 0.258. The average Bonchev–Trinajstić information content (AvgIpc) is 3.33. The summed E-state index contributed by atoms with van der Waals surface area (Å²) in [6.45, 7) is 2.76. The highest BCUT2D eigenvalue weighted by atomic mass is 16.5. The van der Waals surface area contributed by atoms with E-state index in [2.05, 4.69) is 22.0 Å². The number of nitrogens with zero attached hydrogens (tertiary/aromatic N) is 6. The summed E-state index contributed by atoms with van der Waals surface area (Å²) in [5.41, 5.74) is 12.5. The van der Waals surface area contributed by atoms with Gasteiger partial charge in [0, 0.05) is 31.4 Å². The summed E-state index contributed by atoms with van der Waals surface area (Å²) in [5, 5.41) is 0. The first kappa shape index (κ1) is 24.4. The molecule has 1 saturated carbocycles. The maximum atomic E-state index is 11.8. The van der Waals surface area contributed by atoms with E-state index in [0.717, 1.165) is 71.8 Å². The average molecular weight is 532 g/mol. The Bertz CT molecular complexity index is 1700. The molecule has 0 unspecified atom stereocenters. The standard InChI is InChI=1S/C31H29N7O2/c1-40-30(39)21-14-31(15-21)18-37(19-31)17-22-9-10-23(16-34-22)38-28(24-8-5-13-33-27(24)32)36-26-12-11-25(35-29(26)38)20-6-3-2-4-7-20/h2-13,16,21H,14-15,17-19H2,1H3,(H2,32,33). The molecular formula is C31H29N7O2. The van der Waals surface area contributed by atoms with Crippen LogP contribution in [0.5, 0.6) is 0 Å². The minimum absolute atomic E-state index is 0.0635. The molecule has 0 bridgehead atoms. The summed E-state index contributed by atoms with van der Waals surface area (Å²) in [6, 6.07) is 22.0. The predicted molar refractivity (Wildman–Crippen MR) is 152 cm³/mol. The summed E-state index contributed by atoms with van der Waals surface area (Å²) in [4.78, 5) is 33.2. The summed E-state index contributed by atoms with van der Waals surface area (Å²) >= 11 is 0. The van der Waals surface area contributed by atoms with Gasteiger partial charge in [0.2, 0.25) is 0 Å². The Balaban J connectivity index is 1.19. The van der Waals surface area contributed by atoms with Gasteiger partial charge >= 0.3 is 5.97 Å². The van der Waals surface area contributed by atoms with Crippen LogP contribution in [0, 0.1) is 11.3 Å². The van der Waals surface area contributed by atoms with Crippen LogP contribution in [0.3, 0.4) is 0 Å². The summed E-state index contributed by atoms with van der Waals surface area (Å²) in [7, 11) is 1.47. The van der Waals surface area contributed by atoms with Crippen molar-refractivity contribution in [2.45, 2.75) is 19.4 Å². The third-order valence-electron chi connectivity index (χ3n) is 8.12. The predicted octanol–water partition coefficient (Wildman–Crippen LogP) is 4.51. The van der Waals surface area contributed by atoms with Crippen molar-refractivity contribution in [1.29, 1.82) is 0 Å². The van der Waals surface area contributed by atoms with E-state index in [9.17, 15) is 4.79 Å². The van der Waals surface area contributed by atoms with E-state index in [1.54, 1.807) is 6.20 Å². The van der Waals surface area contributed by atoms with E-state index in [0.29, 0.717) is 11.6 Å². The van der Waals surface area contributed by atoms with Crippen molar-refractivity contribution in [2.24, 2.45) is 11.3 Å². The van der Waals surface area contributed by atoms with Gasteiger partial charge < -0.3 is 10.5 Å². The lowest BCUT2D eigenvalue weighted by molar-refractivity contribution is -0.164. The Morgan fingerprint density at radius 2 is 1.82 bits per heavy atom. The van der Waals surface area contributed by atoms with Crippen molar-refractivity contribution in [1.82, 2.24) is 29.4 Å². The SMILES string of the molecule is COC(=O)C1CC2(C1)CN(Cc1ccc(-n3c(-c4cccnc4N)nc4ccc(-c5ccccc5)nc43)cn1)C2. The van der Waals surface area contributed by atoms with Gasteiger partial charge in [-0.15, -0.1) is 0 Å². The number of carbonyl (C=O) groups is 1. The van der Waals surface area contributed by atoms with Gasteiger partial charge in [0.05, 0.1) is 41.9 Å². The quantitative estimate of drug-likeness (QED) is 0.319. The second kappa shape index (κ2) is 9.53. The maximum absolute atomic E-state index is 11.8. The number of nitrogen functional groups attached to an aromatic ring is 1. The van der Waals surface area contributed by atoms with Gasteiger partial charge in [0.15, 0.2) is 11.5 Å². The van der Waals surface area contributed by atoms with Crippen LogP contribution in [0.25, 0.3) is 39.5 Å². The number of pyridine rings is 3. The number of hydrogen-bond donors (Lipinski definition) is 1. The number of methoxy groups -OCH3 is 1. The van der Waals surface area contributed by atoms with Crippen LogP contribution in [0.1, 0.15) is 18.5 Å². The van der Waals surface area contributed by atoms with Crippen LogP contribution in [0.2, 0.25) is 0 Å². The van der Waals surface area contributed by atoms with E-state index in [4.69, 9.17) is 25.4 Å². The zero-order valence-corrected chi connectivity index (χ0v) is 22.2. The molecule has 9 heteroatoms. The third kappa shape index (κ3) is 4.19. The van der Waals surface area contributed by atoms with Crippen LogP contribution in [-0.4, -0.2) is 55.6 Å². The van der Waals surface area contributed by atoms with Crippen LogP contribution in [0.4, 0.5) is 5.82 Å². The molecule has 2 fully saturated rings. The Kier molecular flexibility index (Phi) is 5.82. The maximum Gasteiger partial charge on any atom is 0.308 e. The molecule has 1 aromatic carbocycles. The number of imidazole rings is 1. The molecule has 0 atom stereocenters. The molecule has 4 aromatic heterocycles. The van der Waals surface area contributed by atoms with Gasteiger partial charge in [-0.05, 0) is 54.7 Å². The molecule has 40 heavy (non-hydrogen) atoms. The molecule has 200 valence electrons. The number of anilines is 1. The number of benzene rings is 1. The zero-order valence-electron chi connectivity index (χ0n) is 22.2. The van der Waals surface area contributed by atoms with Crippen LogP contribution in [0.15, 0.2) is 79.1 Å². The van der Waals surface area contributed by atoms with Crippen molar-refractivity contribution < 1.29 is 9.53 Å². The molecule has 1 spiro atoms. The Morgan fingerprint density at radius 1 is 1.00 bits per heavy atom. The van der Waals surface area contributed by atoms with E-state index >= 15 is 0 Å². The number of fused-ring (bicyclic) bond motifs is 1. The highest BCUT2D eigenvalue weighted by Crippen LogP contribution is 2.52. The van der Waals surface area contributed by atoms with Gasteiger partial charge in [0.25, 0.3) is 0 Å². The second-order valence-corrected chi connectivity index (χ2v) is 10.9. The van der Waals surface area contributed by atoms with E-state index in [-0.39, 0.29) is 17.3 Å². The largest absolute Gasteiger partial charge is 0.469 e. The van der Waals surface area contributed by atoms with Gasteiger partial charge in [-0.25, -0.2) is 15.0 Å². The topological polar surface area (TPSA) is 112 Å². The van der Waals surface area contributed by atoms with Crippen molar-refractivity contribution >= 4 is 23.0 Å². The number of ether oxygens (including phenoxy) is 1. The summed E-state index contributed by atoms with van der Waals surface area (Å²) in [5.74, 6) is 1.06. The Hall–Kier alpha value is -4.63. The number of hydrogen-bond acceptors (Lipinski definition) is 8. The molecule has 5 aromatic rings. The number of rotatable bonds is 6. The number of carbonyl (C=O) groups excluding carboxylic acids is 1. The number of likely N-dealkylation sites (tertiary alicyclic amines) is 1. The summed E-state index contributed by atoms with van der Waals surface area (Å²) < 4.78 is 6.90. The monoisotopic (exact) mass is 531 g/mol. The molecule has 1 saturated heterocycles. The minimum Gasteiger partial charge on any atom is -0.469 e. The molecule has 1 aliphatic carbocycles. The number of esters is 1. The number of aromatic nitrogens is 5. The van der Waals surface area contributed by atoms with Crippen LogP contribution >= 0.6 is 0 Å². The lowest BCUT2D eigenvalue weighted by Crippen LogP contribution is -2.62. The Labute approximate surface area is 231 Å². The van der Waals surface area contributed by atoms with Crippen LogP contribution < -0.4 is 5.73 Å². The molecule has 0 amide bonds. The molecule has 5 heterocycles. The third-order valence-corrected chi connectivity index (χ3v) is 8.12. The van der Waals surface area contributed by atoms with Crippen LogP contribution in [-0.2, 0) is 16.1 Å². The highest BCUT2D eigenvalue weighted by Gasteiger charge is 2.54. The molecule has 2 aliphatic rings. The summed E-state index contributed by atoms with van der Waals surface area (Å²) in [6.07, 6.45) is 5.39. The second-order valence-electron chi connectivity index (χ2n) is 10.9. The van der Waals surface area contributed by atoms with Gasteiger partial charge in [-0.1, -0.05) is 30.3 Å². The lowest BCUT2D eigenvalue weighted by atomic mass is 9.57. The molecule has 2 N–H and O–H groups in total. The van der Waals surface area contributed by atoms with Crippen molar-refractivity contribution in [3.8, 4) is 28.3 Å². The lowest BCUT2D eigenvalue weighted by Gasteiger charge is -2.58. The van der Waals surface area contributed by atoms with Crippen molar-refractivity contribution in [2.75, 3.05) is 25.9 Å². The molecule has 0 radical (unpaired) electrons. The Morgan fingerprint density at radius 3 is 2.55 bits per heavy atom. The molecule has 1 aliphatic heterocycles. The first-order chi connectivity index (χ1) is 19.5. The fourth-order valence-corrected chi connectivity index (χ4v) is 6.22. The van der Waals surface area contributed by atoms with Gasteiger partial charge in [-0.2, -0.15) is 0 Å². The smallest absolute Gasteiger partial charge is 0.308 e. The van der Waals surface area contributed by atoms with E-state index < -0.39 is 0 Å². The van der Waals surface area contributed by atoms with E-state index in [1.165, 1.54) is 7.11 Å². The zero-order chi connectivity index (χ0) is 27.3. The molecule has 9 nitrogen and oxygen atoms in total. The normalized spacial score (nSPS) is 16.5. The van der Waals surface area contributed by atoms with Crippen molar-refractivity contribution in [3.63, 3.8) is 0 Å². The molecular weight excluding hydrogens is 502 g/mol. The minimum atomic E-state index is -0.0776.